The fourth-order valence-electron chi connectivity index (χ4n) is 3.82. The zero-order valence-corrected chi connectivity index (χ0v) is 16.4. The number of carboxylic acids is 1. The number of carbonyl (C=O) groups is 2. The monoisotopic (exact) mass is 394 g/mol. The van der Waals surface area contributed by atoms with E-state index in [1.165, 1.54) is 6.20 Å². The van der Waals surface area contributed by atoms with Crippen molar-refractivity contribution in [3.8, 4) is 0 Å². The summed E-state index contributed by atoms with van der Waals surface area (Å²) >= 11 is 0. The Bertz CT molecular complexity index is 641. The molecule has 1 aliphatic heterocycles. The van der Waals surface area contributed by atoms with Crippen molar-refractivity contribution >= 4 is 11.9 Å². The summed E-state index contributed by atoms with van der Waals surface area (Å²) in [6.45, 7) is 0.686. The molecule has 1 amide bonds. The van der Waals surface area contributed by atoms with Gasteiger partial charge in [-0.1, -0.05) is 12.8 Å². The van der Waals surface area contributed by atoms with E-state index in [4.69, 9.17) is 5.11 Å². The summed E-state index contributed by atoms with van der Waals surface area (Å²) < 4.78 is 13.7. The second kappa shape index (κ2) is 11.7. The first-order chi connectivity index (χ1) is 13.5. The van der Waals surface area contributed by atoms with E-state index in [-0.39, 0.29) is 24.8 Å². The number of aliphatic hydroxyl groups excluding tert-OH is 1. The number of aromatic nitrogens is 1. The molecule has 6 nitrogen and oxygen atoms in total. The molecule has 0 bridgehead atoms. The van der Waals surface area contributed by atoms with Gasteiger partial charge in [-0.15, -0.1) is 0 Å². The molecule has 0 aromatic carbocycles. The molecule has 1 aromatic rings. The molecule has 2 N–H and O–H groups in total. The Morgan fingerprint density at radius 1 is 1.32 bits per heavy atom. The fourth-order valence-corrected chi connectivity index (χ4v) is 3.82. The number of likely N-dealkylation sites (tertiary alicyclic amines) is 1. The van der Waals surface area contributed by atoms with Gasteiger partial charge in [0.05, 0.1) is 12.3 Å². The highest BCUT2D eigenvalue weighted by Crippen LogP contribution is 2.24. The number of aliphatic hydroxyl groups is 1. The number of amides is 1. The summed E-state index contributed by atoms with van der Waals surface area (Å²) in [4.78, 5) is 28.5. The van der Waals surface area contributed by atoms with Gasteiger partial charge in [0.15, 0.2) is 0 Å². The molecule has 0 saturated carbocycles. The van der Waals surface area contributed by atoms with Crippen LogP contribution in [0.25, 0.3) is 0 Å². The SMILES string of the molecule is O=C(O)CCCCCCN1C(=O)CCC[C@@H]1CCC(O)Cc1ccncc1F. The topological polar surface area (TPSA) is 90.7 Å². The standard InChI is InChI=1S/C21H31FN2O4/c22-19-15-23-12-11-16(19)14-18(25)10-9-17-6-5-7-20(26)24(17)13-4-2-1-3-8-21(27)28/h11-12,15,17-18,25H,1-10,13-14H2,(H,27,28)/t17-,18?/m1/s1. The molecule has 1 saturated heterocycles. The van der Waals surface area contributed by atoms with E-state index in [0.717, 1.165) is 38.3 Å². The largest absolute Gasteiger partial charge is 0.481 e. The van der Waals surface area contributed by atoms with Gasteiger partial charge in [0.25, 0.3) is 0 Å². The molecular weight excluding hydrogens is 363 g/mol. The minimum absolute atomic E-state index is 0.122. The van der Waals surface area contributed by atoms with Crippen LogP contribution >= 0.6 is 0 Å². The number of rotatable bonds is 12. The zero-order valence-electron chi connectivity index (χ0n) is 16.4. The van der Waals surface area contributed by atoms with Crippen molar-refractivity contribution in [2.75, 3.05) is 6.54 Å². The molecule has 7 heteroatoms. The zero-order chi connectivity index (χ0) is 20.4. The maximum atomic E-state index is 13.7. The number of nitrogens with zero attached hydrogens (tertiary/aromatic N) is 2. The fraction of sp³-hybridized carbons (Fsp3) is 0.667. The van der Waals surface area contributed by atoms with Gasteiger partial charge in [-0.3, -0.25) is 14.6 Å². The molecule has 0 spiro atoms. The molecule has 1 aliphatic rings. The number of piperidine rings is 1. The molecule has 2 atom stereocenters. The van der Waals surface area contributed by atoms with Gasteiger partial charge in [-0.25, -0.2) is 4.39 Å². The third-order valence-electron chi connectivity index (χ3n) is 5.37. The predicted molar refractivity (Wildman–Crippen MR) is 103 cm³/mol. The van der Waals surface area contributed by atoms with Crippen molar-refractivity contribution in [2.45, 2.75) is 82.8 Å². The summed E-state index contributed by atoms with van der Waals surface area (Å²) in [7, 11) is 0. The lowest BCUT2D eigenvalue weighted by molar-refractivity contribution is -0.137. The lowest BCUT2D eigenvalue weighted by Crippen LogP contribution is -2.44. The highest BCUT2D eigenvalue weighted by atomic mass is 19.1. The molecule has 2 rings (SSSR count). The van der Waals surface area contributed by atoms with E-state index in [2.05, 4.69) is 4.98 Å². The first-order valence-electron chi connectivity index (χ1n) is 10.2. The van der Waals surface area contributed by atoms with E-state index >= 15 is 0 Å². The molecule has 0 aliphatic carbocycles. The maximum absolute atomic E-state index is 13.7. The van der Waals surface area contributed by atoms with Gasteiger partial charge >= 0.3 is 5.97 Å². The first kappa shape index (κ1) is 22.3. The van der Waals surface area contributed by atoms with Crippen LogP contribution in [0.5, 0.6) is 0 Å². The minimum atomic E-state index is -0.767. The lowest BCUT2D eigenvalue weighted by Gasteiger charge is -2.36. The molecule has 1 fully saturated rings. The third-order valence-corrected chi connectivity index (χ3v) is 5.37. The van der Waals surface area contributed by atoms with Crippen molar-refractivity contribution in [3.05, 3.63) is 29.8 Å². The van der Waals surface area contributed by atoms with Crippen LogP contribution in [-0.2, 0) is 16.0 Å². The molecule has 1 unspecified atom stereocenters. The normalized spacial score (nSPS) is 18.3. The first-order valence-corrected chi connectivity index (χ1v) is 10.2. The Kier molecular flexibility index (Phi) is 9.34. The van der Waals surface area contributed by atoms with Gasteiger partial charge in [0.1, 0.15) is 5.82 Å². The van der Waals surface area contributed by atoms with E-state index in [1.807, 2.05) is 4.90 Å². The summed E-state index contributed by atoms with van der Waals surface area (Å²) in [5.74, 6) is -1.01. The maximum Gasteiger partial charge on any atom is 0.303 e. The Labute approximate surface area is 165 Å². The van der Waals surface area contributed by atoms with Crippen LogP contribution in [0, 0.1) is 5.82 Å². The van der Waals surface area contributed by atoms with Crippen LogP contribution in [0.15, 0.2) is 18.5 Å². The van der Waals surface area contributed by atoms with Gasteiger partial charge < -0.3 is 15.1 Å². The average Bonchev–Trinajstić information content (AvgIpc) is 2.66. The summed E-state index contributed by atoms with van der Waals surface area (Å²) in [6.07, 6.45) is 9.37. The minimum Gasteiger partial charge on any atom is -0.481 e. The number of hydrogen-bond acceptors (Lipinski definition) is 4. The number of unbranched alkanes of at least 4 members (excludes halogenated alkanes) is 3. The van der Waals surface area contributed by atoms with Crippen molar-refractivity contribution in [3.63, 3.8) is 0 Å². The van der Waals surface area contributed by atoms with Crippen LogP contribution in [0.2, 0.25) is 0 Å². The Morgan fingerprint density at radius 2 is 2.11 bits per heavy atom. The number of pyridine rings is 1. The quantitative estimate of drug-likeness (QED) is 0.531. The highest BCUT2D eigenvalue weighted by Gasteiger charge is 2.27. The van der Waals surface area contributed by atoms with Crippen molar-refractivity contribution in [1.82, 2.24) is 9.88 Å². The van der Waals surface area contributed by atoms with Crippen LogP contribution in [0.4, 0.5) is 4.39 Å². The van der Waals surface area contributed by atoms with Gasteiger partial charge in [-0.05, 0) is 50.2 Å². The van der Waals surface area contributed by atoms with Crippen LogP contribution in [0.1, 0.15) is 69.8 Å². The van der Waals surface area contributed by atoms with Gasteiger partial charge in [0, 0.05) is 38.0 Å². The number of halogens is 1. The van der Waals surface area contributed by atoms with Crippen molar-refractivity contribution < 1.29 is 24.2 Å². The van der Waals surface area contributed by atoms with Crippen molar-refractivity contribution in [2.24, 2.45) is 0 Å². The molecule has 2 heterocycles. The van der Waals surface area contributed by atoms with E-state index in [1.54, 1.807) is 6.07 Å². The summed E-state index contributed by atoms with van der Waals surface area (Å²) in [5, 5.41) is 18.9. The molecule has 28 heavy (non-hydrogen) atoms. The lowest BCUT2D eigenvalue weighted by atomic mass is 9.94. The van der Waals surface area contributed by atoms with E-state index < -0.39 is 17.9 Å². The number of hydrogen-bond donors (Lipinski definition) is 2. The smallest absolute Gasteiger partial charge is 0.303 e. The average molecular weight is 394 g/mol. The number of carbonyl (C=O) groups excluding carboxylic acids is 1. The summed E-state index contributed by atoms with van der Waals surface area (Å²) in [6, 6.07) is 1.71. The molecule has 0 radical (unpaired) electrons. The Morgan fingerprint density at radius 3 is 2.86 bits per heavy atom. The molecule has 1 aromatic heterocycles. The molecular formula is C21H31FN2O4. The summed E-state index contributed by atoms with van der Waals surface area (Å²) in [5.41, 5.74) is 0.459. The van der Waals surface area contributed by atoms with Crippen LogP contribution in [0.3, 0.4) is 0 Å². The second-order valence-corrected chi connectivity index (χ2v) is 7.59. The van der Waals surface area contributed by atoms with Gasteiger partial charge in [-0.2, -0.15) is 0 Å². The van der Waals surface area contributed by atoms with E-state index in [0.29, 0.717) is 37.8 Å². The second-order valence-electron chi connectivity index (χ2n) is 7.59. The van der Waals surface area contributed by atoms with Crippen LogP contribution in [-0.4, -0.2) is 50.7 Å². The van der Waals surface area contributed by atoms with E-state index in [9.17, 15) is 19.1 Å². The Hall–Kier alpha value is -2.02. The highest BCUT2D eigenvalue weighted by molar-refractivity contribution is 5.77. The molecule has 156 valence electrons. The third kappa shape index (κ3) is 7.54. The predicted octanol–water partition coefficient (Wildman–Crippen LogP) is 3.32. The number of carboxylic acid groups (broad SMARTS) is 1. The Balaban J connectivity index is 1.75. The van der Waals surface area contributed by atoms with Crippen molar-refractivity contribution in [1.29, 1.82) is 0 Å². The number of aliphatic carboxylic acids is 1. The van der Waals surface area contributed by atoms with Gasteiger partial charge in [0.2, 0.25) is 5.91 Å². The van der Waals surface area contributed by atoms with Crippen LogP contribution < -0.4 is 0 Å².